The van der Waals surface area contributed by atoms with E-state index in [-0.39, 0.29) is 12.0 Å². The summed E-state index contributed by atoms with van der Waals surface area (Å²) < 4.78 is 13.9. The zero-order valence-corrected chi connectivity index (χ0v) is 17.8. The van der Waals surface area contributed by atoms with Gasteiger partial charge in [-0.1, -0.05) is 18.7 Å². The summed E-state index contributed by atoms with van der Waals surface area (Å²) >= 11 is 0. The molecule has 0 radical (unpaired) electrons. The average molecular weight is 412 g/mol. The Hall–Kier alpha value is -2.31. The van der Waals surface area contributed by atoms with Crippen LogP contribution in [0.25, 0.3) is 10.9 Å². The highest BCUT2D eigenvalue weighted by Crippen LogP contribution is 2.30. The van der Waals surface area contributed by atoms with Gasteiger partial charge in [0.2, 0.25) is 0 Å². The topological polar surface area (TPSA) is 55.7 Å². The second kappa shape index (κ2) is 10.1. The van der Waals surface area contributed by atoms with Crippen LogP contribution in [0.3, 0.4) is 0 Å². The quantitative estimate of drug-likeness (QED) is 0.641. The molecule has 2 fully saturated rings. The molecule has 2 aromatic rings. The molecule has 0 aliphatic carbocycles. The first-order valence-electron chi connectivity index (χ1n) is 11.2. The minimum Gasteiger partial charge on any atom is -0.489 e. The Balaban J connectivity index is 1.57. The van der Waals surface area contributed by atoms with Crippen molar-refractivity contribution in [3.63, 3.8) is 0 Å². The van der Waals surface area contributed by atoms with Crippen molar-refractivity contribution < 1.29 is 14.3 Å². The summed E-state index contributed by atoms with van der Waals surface area (Å²) in [6.45, 7) is 9.51. The molecule has 4 rings (SSSR count). The number of rotatable bonds is 9. The zero-order chi connectivity index (χ0) is 20.8. The minimum absolute atomic E-state index is 0.0316. The summed E-state index contributed by atoms with van der Waals surface area (Å²) in [4.78, 5) is 15.5. The first-order valence-corrected chi connectivity index (χ1v) is 11.2. The van der Waals surface area contributed by atoms with Crippen molar-refractivity contribution in [1.82, 2.24) is 14.8 Å². The molecule has 1 amide bonds. The van der Waals surface area contributed by atoms with Crippen LogP contribution in [0.2, 0.25) is 0 Å². The number of likely N-dealkylation sites (tertiary alicyclic amines) is 1. The van der Waals surface area contributed by atoms with Crippen LogP contribution in [0.5, 0.6) is 5.75 Å². The van der Waals surface area contributed by atoms with Crippen molar-refractivity contribution in [3.8, 4) is 5.75 Å². The zero-order valence-electron chi connectivity index (χ0n) is 17.8. The van der Waals surface area contributed by atoms with Crippen LogP contribution in [0.4, 0.5) is 0 Å². The summed E-state index contributed by atoms with van der Waals surface area (Å²) in [5, 5.41) is 4.09. The van der Waals surface area contributed by atoms with Crippen molar-refractivity contribution >= 4 is 16.8 Å². The van der Waals surface area contributed by atoms with Gasteiger partial charge in [-0.3, -0.25) is 4.79 Å². The molecule has 1 aromatic carbocycles. The van der Waals surface area contributed by atoms with Crippen LogP contribution in [0, 0.1) is 0 Å². The van der Waals surface area contributed by atoms with E-state index in [9.17, 15) is 4.79 Å². The van der Waals surface area contributed by atoms with Crippen LogP contribution in [-0.4, -0.2) is 60.9 Å². The summed E-state index contributed by atoms with van der Waals surface area (Å²) in [6, 6.07) is 7.94. The highest BCUT2D eigenvalue weighted by atomic mass is 16.5. The van der Waals surface area contributed by atoms with E-state index in [4.69, 9.17) is 9.47 Å². The first kappa shape index (κ1) is 20.9. The third-order valence-electron chi connectivity index (χ3n) is 6.07. The van der Waals surface area contributed by atoms with E-state index in [1.165, 1.54) is 19.3 Å². The van der Waals surface area contributed by atoms with E-state index in [0.717, 1.165) is 55.7 Å². The summed E-state index contributed by atoms with van der Waals surface area (Å²) in [7, 11) is 0. The first-order chi connectivity index (χ1) is 14.8. The third kappa shape index (κ3) is 4.87. The van der Waals surface area contributed by atoms with Crippen LogP contribution >= 0.6 is 0 Å². The third-order valence-corrected chi connectivity index (χ3v) is 6.07. The molecule has 6 heteroatoms. The highest BCUT2D eigenvalue weighted by molar-refractivity contribution is 6.00. The molecule has 0 saturated carbocycles. The van der Waals surface area contributed by atoms with E-state index in [1.54, 1.807) is 6.08 Å². The van der Waals surface area contributed by atoms with Gasteiger partial charge in [0.1, 0.15) is 18.1 Å². The number of ether oxygens (including phenoxy) is 2. The Morgan fingerprint density at radius 3 is 2.90 bits per heavy atom. The molecule has 2 aliphatic rings. The second-order valence-electron chi connectivity index (χ2n) is 8.22. The van der Waals surface area contributed by atoms with Gasteiger partial charge in [-0.05, 0) is 63.4 Å². The summed E-state index contributed by atoms with van der Waals surface area (Å²) in [5.41, 5.74) is 1.69. The van der Waals surface area contributed by atoms with Crippen molar-refractivity contribution in [3.05, 3.63) is 42.6 Å². The van der Waals surface area contributed by atoms with Gasteiger partial charge in [-0.25, -0.2) is 0 Å². The molecule has 1 aromatic heterocycles. The second-order valence-corrected chi connectivity index (χ2v) is 8.22. The molecule has 0 bridgehead atoms. The number of fused-ring (bicyclic) bond motifs is 1. The Kier molecular flexibility index (Phi) is 7.07. The van der Waals surface area contributed by atoms with Crippen LogP contribution < -0.4 is 10.1 Å². The number of carbonyl (C=O) groups is 1. The van der Waals surface area contributed by atoms with E-state index in [0.29, 0.717) is 25.4 Å². The van der Waals surface area contributed by atoms with Gasteiger partial charge in [-0.15, -0.1) is 0 Å². The van der Waals surface area contributed by atoms with Gasteiger partial charge in [-0.2, -0.15) is 0 Å². The fourth-order valence-electron chi connectivity index (χ4n) is 4.50. The lowest BCUT2D eigenvalue weighted by molar-refractivity contribution is 0.00637. The van der Waals surface area contributed by atoms with Gasteiger partial charge in [0, 0.05) is 31.6 Å². The van der Waals surface area contributed by atoms with E-state index in [1.807, 2.05) is 18.2 Å². The van der Waals surface area contributed by atoms with E-state index >= 15 is 0 Å². The maximum absolute atomic E-state index is 13.1. The minimum atomic E-state index is -0.0316. The number of benzene rings is 1. The Morgan fingerprint density at radius 1 is 1.27 bits per heavy atom. The SMILES string of the molecule is C=CCOc1cccc2c1cc(C(=O)NCCN1CCCC1)n2CC1CCCCO1. The van der Waals surface area contributed by atoms with E-state index in [2.05, 4.69) is 27.4 Å². The molecule has 0 spiro atoms. The molecule has 1 unspecified atom stereocenters. The number of hydrogen-bond donors (Lipinski definition) is 1. The molecule has 2 aliphatic heterocycles. The molecule has 30 heavy (non-hydrogen) atoms. The van der Waals surface area contributed by atoms with Gasteiger partial charge < -0.3 is 24.3 Å². The monoisotopic (exact) mass is 411 g/mol. The standard InChI is InChI=1S/C24H33N3O3/c1-2-15-30-23-10-7-9-21-20(23)17-22(27(21)18-19-8-3-6-16-29-19)24(28)25-11-14-26-12-4-5-13-26/h2,7,9-10,17,19H,1,3-6,8,11-16,18H2,(H,25,28). The Labute approximate surface area is 178 Å². The molecular formula is C24H33N3O3. The lowest BCUT2D eigenvalue weighted by Gasteiger charge is -2.24. The van der Waals surface area contributed by atoms with Gasteiger partial charge in [0.05, 0.1) is 11.6 Å². The lowest BCUT2D eigenvalue weighted by atomic mass is 10.1. The van der Waals surface area contributed by atoms with Crippen LogP contribution in [0.15, 0.2) is 36.9 Å². The summed E-state index contributed by atoms with van der Waals surface area (Å²) in [5.74, 6) is 0.748. The molecule has 3 heterocycles. The van der Waals surface area contributed by atoms with Gasteiger partial charge in [0.15, 0.2) is 0 Å². The van der Waals surface area contributed by atoms with Crippen LogP contribution in [0.1, 0.15) is 42.6 Å². The normalized spacial score (nSPS) is 19.8. The van der Waals surface area contributed by atoms with Crippen molar-refractivity contribution in [2.45, 2.75) is 44.8 Å². The molecule has 162 valence electrons. The maximum Gasteiger partial charge on any atom is 0.267 e. The molecule has 1 atom stereocenters. The average Bonchev–Trinajstić information content (AvgIpc) is 3.41. The number of amides is 1. The fraction of sp³-hybridized carbons (Fsp3) is 0.542. The molecule has 1 N–H and O–H groups in total. The Morgan fingerprint density at radius 2 is 2.13 bits per heavy atom. The molecule has 2 saturated heterocycles. The molecule has 6 nitrogen and oxygen atoms in total. The molecular weight excluding hydrogens is 378 g/mol. The smallest absolute Gasteiger partial charge is 0.267 e. The maximum atomic E-state index is 13.1. The number of hydrogen-bond acceptors (Lipinski definition) is 4. The van der Waals surface area contributed by atoms with Gasteiger partial charge >= 0.3 is 0 Å². The van der Waals surface area contributed by atoms with Crippen LogP contribution in [-0.2, 0) is 11.3 Å². The Bertz CT molecular complexity index is 864. The number of nitrogens with zero attached hydrogens (tertiary/aromatic N) is 2. The number of carbonyl (C=O) groups excluding carboxylic acids is 1. The summed E-state index contributed by atoms with van der Waals surface area (Å²) in [6.07, 6.45) is 7.72. The predicted molar refractivity (Wildman–Crippen MR) is 119 cm³/mol. The van der Waals surface area contributed by atoms with Crippen molar-refractivity contribution in [2.75, 3.05) is 39.4 Å². The lowest BCUT2D eigenvalue weighted by Crippen LogP contribution is -2.35. The van der Waals surface area contributed by atoms with Crippen molar-refractivity contribution in [1.29, 1.82) is 0 Å². The largest absolute Gasteiger partial charge is 0.489 e. The number of aromatic nitrogens is 1. The van der Waals surface area contributed by atoms with E-state index < -0.39 is 0 Å². The fourth-order valence-corrected chi connectivity index (χ4v) is 4.50. The highest BCUT2D eigenvalue weighted by Gasteiger charge is 2.22. The number of nitrogens with one attached hydrogen (secondary N) is 1. The van der Waals surface area contributed by atoms with Gasteiger partial charge in [0.25, 0.3) is 5.91 Å². The van der Waals surface area contributed by atoms with Crippen molar-refractivity contribution in [2.24, 2.45) is 0 Å². The predicted octanol–water partition coefficient (Wildman–Crippen LogP) is 3.60.